The van der Waals surface area contributed by atoms with Gasteiger partial charge in [0.15, 0.2) is 5.78 Å². The first-order valence-corrected chi connectivity index (χ1v) is 8.19. The van der Waals surface area contributed by atoms with Crippen molar-refractivity contribution in [2.75, 3.05) is 6.61 Å². The van der Waals surface area contributed by atoms with E-state index in [4.69, 9.17) is 4.74 Å². The number of hydrogen-bond donors (Lipinski definition) is 1. The van der Waals surface area contributed by atoms with E-state index in [1.165, 1.54) is 0 Å². The molecule has 1 N–H and O–H groups in total. The van der Waals surface area contributed by atoms with E-state index in [1.54, 1.807) is 6.08 Å². The first kappa shape index (κ1) is 16.2. The Balaban J connectivity index is 1.87. The summed E-state index contributed by atoms with van der Waals surface area (Å²) < 4.78 is 5.21. The zero-order valence-electron chi connectivity index (χ0n) is 14.0. The molecule has 0 saturated heterocycles. The smallest absolute Gasteiger partial charge is 0.355 e. The fourth-order valence-corrected chi connectivity index (χ4v) is 3.29. The van der Waals surface area contributed by atoms with Gasteiger partial charge < -0.3 is 9.72 Å². The largest absolute Gasteiger partial charge is 0.457 e. The van der Waals surface area contributed by atoms with Gasteiger partial charge in [-0.15, -0.1) is 0 Å². The Labute approximate surface area is 141 Å². The minimum absolute atomic E-state index is 0.0892. The quantitative estimate of drug-likeness (QED) is 0.684. The Bertz CT molecular complexity index is 787. The monoisotopic (exact) mass is 323 g/mol. The van der Waals surface area contributed by atoms with Crippen LogP contribution in [-0.2, 0) is 11.2 Å². The highest BCUT2D eigenvalue weighted by Crippen LogP contribution is 2.35. The summed E-state index contributed by atoms with van der Waals surface area (Å²) in [5, 5.41) is 0. The molecule has 1 aromatic heterocycles. The van der Waals surface area contributed by atoms with Gasteiger partial charge in [0.1, 0.15) is 12.3 Å². The number of aromatic amines is 1. The van der Waals surface area contributed by atoms with Crippen LogP contribution in [0.2, 0.25) is 0 Å². The molecule has 0 spiro atoms. The number of aromatic nitrogens is 1. The van der Waals surface area contributed by atoms with Crippen molar-refractivity contribution in [1.82, 2.24) is 4.98 Å². The summed E-state index contributed by atoms with van der Waals surface area (Å²) >= 11 is 0. The van der Waals surface area contributed by atoms with E-state index in [1.807, 2.05) is 50.3 Å². The van der Waals surface area contributed by atoms with Gasteiger partial charge in [-0.2, -0.15) is 0 Å². The second-order valence-electron chi connectivity index (χ2n) is 6.09. The van der Waals surface area contributed by atoms with Crippen molar-refractivity contribution in [3.05, 3.63) is 70.6 Å². The van der Waals surface area contributed by atoms with E-state index in [-0.39, 0.29) is 18.3 Å². The summed E-state index contributed by atoms with van der Waals surface area (Å²) in [7, 11) is 0. The van der Waals surface area contributed by atoms with Crippen LogP contribution in [0.15, 0.2) is 42.5 Å². The summed E-state index contributed by atoms with van der Waals surface area (Å²) in [4.78, 5) is 28.0. The fraction of sp³-hybridized carbons (Fsp3) is 0.300. The van der Waals surface area contributed by atoms with Crippen molar-refractivity contribution in [1.29, 1.82) is 0 Å². The zero-order valence-corrected chi connectivity index (χ0v) is 14.0. The highest BCUT2D eigenvalue weighted by molar-refractivity contribution is 6.03. The number of benzene rings is 1. The maximum Gasteiger partial charge on any atom is 0.355 e. The normalized spacial score (nSPS) is 17.1. The van der Waals surface area contributed by atoms with Crippen LogP contribution >= 0.6 is 0 Å². The molecule has 0 bridgehead atoms. The summed E-state index contributed by atoms with van der Waals surface area (Å²) in [6, 6.07) is 10.0. The van der Waals surface area contributed by atoms with Crippen LogP contribution in [0.3, 0.4) is 0 Å². The van der Waals surface area contributed by atoms with Gasteiger partial charge in [-0.3, -0.25) is 4.79 Å². The van der Waals surface area contributed by atoms with Crippen LogP contribution in [0.5, 0.6) is 0 Å². The molecule has 1 unspecified atom stereocenters. The van der Waals surface area contributed by atoms with Crippen molar-refractivity contribution in [2.45, 2.75) is 32.6 Å². The van der Waals surface area contributed by atoms with Crippen LogP contribution < -0.4 is 0 Å². The van der Waals surface area contributed by atoms with Crippen molar-refractivity contribution in [2.24, 2.45) is 0 Å². The third kappa shape index (κ3) is 3.04. The minimum Gasteiger partial charge on any atom is -0.457 e. The molecule has 1 atom stereocenters. The molecule has 2 aromatic rings. The van der Waals surface area contributed by atoms with Gasteiger partial charge in [0, 0.05) is 17.7 Å². The van der Waals surface area contributed by atoms with Crippen LogP contribution in [-0.4, -0.2) is 23.3 Å². The molecule has 0 aliphatic heterocycles. The van der Waals surface area contributed by atoms with Crippen LogP contribution in [0.4, 0.5) is 0 Å². The lowest BCUT2D eigenvalue weighted by Gasteiger charge is -2.22. The van der Waals surface area contributed by atoms with Gasteiger partial charge in [0.25, 0.3) is 0 Å². The van der Waals surface area contributed by atoms with Gasteiger partial charge in [-0.25, -0.2) is 4.79 Å². The predicted molar refractivity (Wildman–Crippen MR) is 92.5 cm³/mol. The molecule has 1 aliphatic rings. The Morgan fingerprint density at radius 3 is 2.75 bits per heavy atom. The summed E-state index contributed by atoms with van der Waals surface area (Å²) in [6.07, 6.45) is 4.80. The van der Waals surface area contributed by atoms with Gasteiger partial charge >= 0.3 is 5.97 Å². The lowest BCUT2D eigenvalue weighted by Crippen LogP contribution is -2.18. The minimum atomic E-state index is -0.413. The zero-order chi connectivity index (χ0) is 17.1. The topological polar surface area (TPSA) is 59.2 Å². The average Bonchev–Trinajstić information content (AvgIpc) is 2.93. The number of ether oxygens (including phenoxy) is 1. The number of carbonyl (C=O) groups excluding carboxylic acids is 2. The highest BCUT2D eigenvalue weighted by Gasteiger charge is 2.32. The second kappa shape index (κ2) is 6.87. The van der Waals surface area contributed by atoms with E-state index < -0.39 is 5.97 Å². The summed E-state index contributed by atoms with van der Waals surface area (Å²) in [5.41, 5.74) is 3.76. The third-order valence-electron chi connectivity index (χ3n) is 4.51. The van der Waals surface area contributed by atoms with Crippen molar-refractivity contribution in [3.63, 3.8) is 0 Å². The third-order valence-corrected chi connectivity index (χ3v) is 4.51. The van der Waals surface area contributed by atoms with Crippen molar-refractivity contribution >= 4 is 11.8 Å². The number of Topliss-reactive ketones (excluding diaryl/α,β-unsaturated/α-hetero) is 1. The van der Waals surface area contributed by atoms with Gasteiger partial charge in [-0.1, -0.05) is 42.5 Å². The molecule has 0 amide bonds. The molecule has 1 heterocycles. The van der Waals surface area contributed by atoms with Crippen molar-refractivity contribution in [3.8, 4) is 0 Å². The molecular formula is C20H21NO3. The number of hydrogen-bond acceptors (Lipinski definition) is 3. The number of esters is 1. The van der Waals surface area contributed by atoms with Crippen LogP contribution in [0.25, 0.3) is 0 Å². The maximum atomic E-state index is 12.6. The second-order valence-corrected chi connectivity index (χ2v) is 6.09. The van der Waals surface area contributed by atoms with Crippen molar-refractivity contribution < 1.29 is 14.3 Å². The molecule has 124 valence electrons. The fourth-order valence-electron chi connectivity index (χ4n) is 3.29. The van der Waals surface area contributed by atoms with E-state index in [0.717, 1.165) is 17.7 Å². The molecule has 4 nitrogen and oxygen atoms in total. The number of rotatable bonds is 4. The standard InChI is InChI=1S/C20H21NO3/c1-3-4-10-24-20(23)19-13(2)18-16(21-19)11-15(12-17(18)22)14-8-6-5-7-9-14/h3-9,15,21H,10-12H2,1-2H3. The summed E-state index contributed by atoms with van der Waals surface area (Å²) in [6.45, 7) is 3.91. The van der Waals surface area contributed by atoms with Gasteiger partial charge in [-0.05, 0) is 37.3 Å². The lowest BCUT2D eigenvalue weighted by molar-refractivity contribution is 0.0542. The Hall–Kier alpha value is -2.62. The number of nitrogens with one attached hydrogen (secondary N) is 1. The Kier molecular flexibility index (Phi) is 4.65. The molecule has 0 saturated carbocycles. The molecule has 0 fully saturated rings. The summed E-state index contributed by atoms with van der Waals surface area (Å²) in [5.74, 6) is -0.174. The SMILES string of the molecule is CC=CCOC(=O)c1[nH]c2c(c1C)C(=O)CC(c1ccccc1)C2. The van der Waals surface area contributed by atoms with E-state index in [9.17, 15) is 9.59 Å². The molecular weight excluding hydrogens is 302 g/mol. The predicted octanol–water partition coefficient (Wildman–Crippen LogP) is 3.97. The molecule has 1 aliphatic carbocycles. The molecule has 0 radical (unpaired) electrons. The van der Waals surface area contributed by atoms with Crippen LogP contribution in [0, 0.1) is 6.92 Å². The Morgan fingerprint density at radius 1 is 1.29 bits per heavy atom. The first-order valence-electron chi connectivity index (χ1n) is 8.19. The number of ketones is 1. The first-order chi connectivity index (χ1) is 11.6. The molecule has 1 aromatic carbocycles. The molecule has 24 heavy (non-hydrogen) atoms. The van der Waals surface area contributed by atoms with E-state index >= 15 is 0 Å². The highest BCUT2D eigenvalue weighted by atomic mass is 16.5. The number of fused-ring (bicyclic) bond motifs is 1. The lowest BCUT2D eigenvalue weighted by atomic mass is 9.81. The maximum absolute atomic E-state index is 12.6. The van der Waals surface area contributed by atoms with Crippen LogP contribution in [0.1, 0.15) is 56.9 Å². The Morgan fingerprint density at radius 2 is 2.04 bits per heavy atom. The number of carbonyl (C=O) groups is 2. The van der Waals surface area contributed by atoms with E-state index in [2.05, 4.69) is 4.98 Å². The number of H-pyrrole nitrogens is 1. The number of allylic oxidation sites excluding steroid dienone is 1. The van der Waals surface area contributed by atoms with Gasteiger partial charge in [0.2, 0.25) is 0 Å². The molecule has 3 rings (SSSR count). The molecule has 4 heteroatoms. The van der Waals surface area contributed by atoms with E-state index in [0.29, 0.717) is 23.2 Å². The van der Waals surface area contributed by atoms with Gasteiger partial charge in [0.05, 0.1) is 0 Å². The average molecular weight is 323 g/mol.